The predicted molar refractivity (Wildman–Crippen MR) is 128 cm³/mol. The van der Waals surface area contributed by atoms with Crippen LogP contribution in [0.15, 0.2) is 74.9 Å². The molecule has 0 unspecified atom stereocenters. The van der Waals surface area contributed by atoms with E-state index in [4.69, 9.17) is 13.9 Å². The van der Waals surface area contributed by atoms with Crippen LogP contribution in [0.5, 0.6) is 11.5 Å². The van der Waals surface area contributed by atoms with E-state index < -0.39 is 11.8 Å². The summed E-state index contributed by atoms with van der Waals surface area (Å²) < 4.78 is 16.6. The van der Waals surface area contributed by atoms with Gasteiger partial charge in [0, 0.05) is 10.0 Å². The lowest BCUT2D eigenvalue weighted by Crippen LogP contribution is -2.32. The predicted octanol–water partition coefficient (Wildman–Crippen LogP) is 2.83. The summed E-state index contributed by atoms with van der Waals surface area (Å²) >= 11 is 3.35. The highest BCUT2D eigenvalue weighted by atomic mass is 79.9. The molecule has 10 nitrogen and oxygen atoms in total. The molecule has 2 aromatic carbocycles. The Morgan fingerprint density at radius 2 is 1.88 bits per heavy atom. The van der Waals surface area contributed by atoms with E-state index in [0.29, 0.717) is 28.5 Å². The molecule has 34 heavy (non-hydrogen) atoms. The molecule has 0 aliphatic rings. The van der Waals surface area contributed by atoms with Gasteiger partial charge in [0.2, 0.25) is 0 Å². The summed E-state index contributed by atoms with van der Waals surface area (Å²) in [5.74, 6) is -0.847. The third-order valence-corrected chi connectivity index (χ3v) is 4.79. The van der Waals surface area contributed by atoms with Crippen molar-refractivity contribution in [3.63, 3.8) is 0 Å². The first kappa shape index (κ1) is 24.5. The second kappa shape index (κ2) is 12.2. The lowest BCUT2D eigenvalue weighted by Gasteiger charge is -2.10. The van der Waals surface area contributed by atoms with E-state index in [9.17, 15) is 14.4 Å². The highest BCUT2D eigenvalue weighted by molar-refractivity contribution is 9.10. The number of nitrogens with zero attached hydrogens (tertiary/aromatic N) is 1. The highest BCUT2D eigenvalue weighted by Crippen LogP contribution is 2.23. The first-order valence-electron chi connectivity index (χ1n) is 9.95. The van der Waals surface area contributed by atoms with Crippen molar-refractivity contribution in [1.29, 1.82) is 0 Å². The van der Waals surface area contributed by atoms with Crippen LogP contribution in [0.25, 0.3) is 0 Å². The molecule has 0 atom stereocenters. The minimum Gasteiger partial charge on any atom is -0.495 e. The van der Waals surface area contributed by atoms with E-state index in [1.807, 2.05) is 0 Å². The van der Waals surface area contributed by atoms with E-state index in [-0.39, 0.29) is 19.1 Å². The average molecular weight is 529 g/mol. The van der Waals surface area contributed by atoms with Crippen molar-refractivity contribution < 1.29 is 28.3 Å². The van der Waals surface area contributed by atoms with E-state index in [0.717, 1.165) is 4.47 Å². The Morgan fingerprint density at radius 3 is 2.65 bits per heavy atom. The van der Waals surface area contributed by atoms with Crippen molar-refractivity contribution in [3.8, 4) is 11.5 Å². The van der Waals surface area contributed by atoms with Crippen LogP contribution >= 0.6 is 15.9 Å². The van der Waals surface area contributed by atoms with Crippen molar-refractivity contribution in [3.05, 3.63) is 76.7 Å². The van der Waals surface area contributed by atoms with E-state index in [2.05, 4.69) is 37.1 Å². The molecule has 3 amide bonds. The van der Waals surface area contributed by atoms with Gasteiger partial charge in [-0.05, 0) is 42.5 Å². The Kier molecular flexibility index (Phi) is 8.81. The van der Waals surface area contributed by atoms with Crippen molar-refractivity contribution in [2.24, 2.45) is 5.10 Å². The fourth-order valence-corrected chi connectivity index (χ4v) is 3.06. The van der Waals surface area contributed by atoms with Crippen LogP contribution in [-0.4, -0.2) is 37.7 Å². The number of hydrogen-bond donors (Lipinski definition) is 3. The molecule has 0 bridgehead atoms. The quantitative estimate of drug-likeness (QED) is 0.222. The first-order chi connectivity index (χ1) is 16.5. The molecule has 0 aliphatic carbocycles. The normalized spacial score (nSPS) is 10.5. The van der Waals surface area contributed by atoms with E-state index >= 15 is 0 Å². The van der Waals surface area contributed by atoms with Gasteiger partial charge in [-0.1, -0.05) is 28.1 Å². The fourth-order valence-electron chi connectivity index (χ4n) is 2.68. The van der Waals surface area contributed by atoms with Crippen LogP contribution in [0.3, 0.4) is 0 Å². The second-order valence-corrected chi connectivity index (χ2v) is 7.60. The molecule has 0 aliphatic heterocycles. The van der Waals surface area contributed by atoms with Crippen molar-refractivity contribution in [2.45, 2.75) is 6.54 Å². The number of furan rings is 1. The van der Waals surface area contributed by atoms with Crippen LogP contribution in [-0.2, 0) is 20.9 Å². The van der Waals surface area contributed by atoms with Gasteiger partial charge in [-0.25, -0.2) is 5.43 Å². The Bertz CT molecular complexity index is 1180. The molecule has 3 aromatic rings. The summed E-state index contributed by atoms with van der Waals surface area (Å²) in [6.07, 6.45) is 2.82. The summed E-state index contributed by atoms with van der Waals surface area (Å²) in [7, 11) is 1.45. The molecule has 0 saturated carbocycles. The SMILES string of the molecule is COc1ccccc1NC(=O)C(=O)N/N=C\c1cc(Br)ccc1OCC(=O)NCc1ccco1. The third kappa shape index (κ3) is 7.20. The van der Waals surface area contributed by atoms with Crippen LogP contribution in [0.1, 0.15) is 11.3 Å². The topological polar surface area (TPSA) is 131 Å². The van der Waals surface area contributed by atoms with E-state index in [1.54, 1.807) is 54.6 Å². The molecule has 0 saturated heterocycles. The number of amides is 3. The Balaban J connectivity index is 1.55. The molecule has 1 heterocycles. The lowest BCUT2D eigenvalue weighted by molar-refractivity contribution is -0.136. The number of ether oxygens (including phenoxy) is 2. The number of rotatable bonds is 9. The average Bonchev–Trinajstić information content (AvgIpc) is 3.36. The van der Waals surface area contributed by atoms with Gasteiger partial charge in [0.15, 0.2) is 6.61 Å². The van der Waals surface area contributed by atoms with Gasteiger partial charge in [0.05, 0.1) is 31.8 Å². The lowest BCUT2D eigenvalue weighted by atomic mass is 10.2. The molecule has 0 spiro atoms. The van der Waals surface area contributed by atoms with Gasteiger partial charge in [-0.2, -0.15) is 5.10 Å². The van der Waals surface area contributed by atoms with Gasteiger partial charge in [-0.3, -0.25) is 14.4 Å². The number of para-hydroxylation sites is 2. The summed E-state index contributed by atoms with van der Waals surface area (Å²) in [4.78, 5) is 36.3. The van der Waals surface area contributed by atoms with Gasteiger partial charge < -0.3 is 24.5 Å². The summed E-state index contributed by atoms with van der Waals surface area (Å²) in [6.45, 7) is 0.00362. The van der Waals surface area contributed by atoms with Crippen LogP contribution < -0.4 is 25.5 Å². The summed E-state index contributed by atoms with van der Waals surface area (Å²) in [5.41, 5.74) is 2.97. The fraction of sp³-hybridized carbons (Fsp3) is 0.130. The molecule has 0 fully saturated rings. The number of anilines is 1. The van der Waals surface area contributed by atoms with Crippen molar-refractivity contribution in [2.75, 3.05) is 19.0 Å². The second-order valence-electron chi connectivity index (χ2n) is 6.68. The minimum absolute atomic E-state index is 0.239. The number of hydrazone groups is 1. The van der Waals surface area contributed by atoms with Gasteiger partial charge in [0.25, 0.3) is 5.91 Å². The zero-order chi connectivity index (χ0) is 24.3. The minimum atomic E-state index is -0.975. The smallest absolute Gasteiger partial charge is 0.329 e. The van der Waals surface area contributed by atoms with Crippen molar-refractivity contribution >= 4 is 45.6 Å². The largest absolute Gasteiger partial charge is 0.495 e. The molecule has 0 radical (unpaired) electrons. The summed E-state index contributed by atoms with van der Waals surface area (Å²) in [5, 5.41) is 8.94. The molecule has 3 rings (SSSR count). The number of benzene rings is 2. The highest BCUT2D eigenvalue weighted by Gasteiger charge is 2.15. The molecule has 11 heteroatoms. The van der Waals surface area contributed by atoms with Gasteiger partial charge in [-0.15, -0.1) is 0 Å². The molecule has 1 aromatic heterocycles. The van der Waals surface area contributed by atoms with Crippen LogP contribution in [0, 0.1) is 0 Å². The first-order valence-corrected chi connectivity index (χ1v) is 10.7. The standard InChI is InChI=1S/C23H21BrN4O6/c1-32-20-7-3-2-6-18(20)27-22(30)23(31)28-26-12-15-11-16(24)8-9-19(15)34-14-21(29)25-13-17-5-4-10-33-17/h2-12H,13-14H2,1H3,(H,25,29)(H,27,30)(H,28,31)/b26-12-. The maximum absolute atomic E-state index is 12.1. The zero-order valence-electron chi connectivity index (χ0n) is 18.0. The molecule has 176 valence electrons. The number of halogens is 1. The Hall–Kier alpha value is -4.12. The third-order valence-electron chi connectivity index (χ3n) is 4.30. The van der Waals surface area contributed by atoms with Crippen LogP contribution in [0.4, 0.5) is 5.69 Å². The summed E-state index contributed by atoms with van der Waals surface area (Å²) in [6, 6.07) is 15.2. The maximum atomic E-state index is 12.1. The molecular formula is C23H21BrN4O6. The van der Waals surface area contributed by atoms with Gasteiger partial charge >= 0.3 is 11.8 Å². The molecule has 3 N–H and O–H groups in total. The Morgan fingerprint density at radius 1 is 1.06 bits per heavy atom. The monoisotopic (exact) mass is 528 g/mol. The number of carbonyl (C=O) groups is 3. The van der Waals surface area contributed by atoms with Gasteiger partial charge in [0.1, 0.15) is 17.3 Å². The number of methoxy groups -OCH3 is 1. The molecular weight excluding hydrogens is 508 g/mol. The van der Waals surface area contributed by atoms with Crippen LogP contribution in [0.2, 0.25) is 0 Å². The maximum Gasteiger partial charge on any atom is 0.329 e. The van der Waals surface area contributed by atoms with Crippen molar-refractivity contribution in [1.82, 2.24) is 10.7 Å². The van der Waals surface area contributed by atoms with E-state index in [1.165, 1.54) is 19.6 Å². The number of hydrogen-bond acceptors (Lipinski definition) is 7. The zero-order valence-corrected chi connectivity index (χ0v) is 19.6. The Labute approximate surface area is 203 Å². The number of carbonyl (C=O) groups excluding carboxylic acids is 3. The number of nitrogens with one attached hydrogen (secondary N) is 3.